The van der Waals surface area contributed by atoms with Crippen LogP contribution < -0.4 is 0 Å². The third-order valence-corrected chi connectivity index (χ3v) is 1.97. The molecule has 0 aromatic carbocycles. The van der Waals surface area contributed by atoms with Crippen molar-refractivity contribution in [1.82, 2.24) is 5.34 Å². The molecule has 2 nitrogen and oxygen atoms in total. The van der Waals surface area contributed by atoms with E-state index in [-0.39, 0.29) is 0 Å². The summed E-state index contributed by atoms with van der Waals surface area (Å²) < 4.78 is 183. The number of rotatable bonds is 4. The van der Waals surface area contributed by atoms with Gasteiger partial charge < -0.3 is 0 Å². The molecule has 0 saturated carbocycles. The predicted octanol–water partition coefficient (Wildman–Crippen LogP) is 4.69. The first kappa shape index (κ1) is 21.9. The minimum Gasteiger partial charge on any atom is -0.280 e. The standard InChI is InChI=1S/C6F15NO/c7-1(3(9,10)11,4(12,13)14)23-2(8,5(15,16)17)6(18,19)22(20)21. The highest BCUT2D eigenvalue weighted by Crippen LogP contribution is 2.56. The van der Waals surface area contributed by atoms with E-state index in [9.17, 15) is 66.0 Å². The van der Waals surface area contributed by atoms with Gasteiger partial charge in [0.25, 0.3) is 0 Å². The van der Waals surface area contributed by atoms with Crippen LogP contribution in [0.1, 0.15) is 0 Å². The molecule has 0 aliphatic rings. The van der Waals surface area contributed by atoms with Crippen molar-refractivity contribution >= 4 is 0 Å². The third-order valence-electron chi connectivity index (χ3n) is 1.97. The topological polar surface area (TPSA) is 12.5 Å². The summed E-state index contributed by atoms with van der Waals surface area (Å²) in [7, 11) is 0. The van der Waals surface area contributed by atoms with Crippen LogP contribution in [0.15, 0.2) is 0 Å². The molecular formula is C6F15NO. The van der Waals surface area contributed by atoms with Crippen molar-refractivity contribution < 1.29 is 70.8 Å². The van der Waals surface area contributed by atoms with Gasteiger partial charge in [0.2, 0.25) is 0 Å². The Bertz CT molecular complexity index is 405. The fourth-order valence-corrected chi connectivity index (χ4v) is 0.869. The minimum absolute atomic E-state index is 1.27. The van der Waals surface area contributed by atoms with Crippen molar-refractivity contribution in [3.05, 3.63) is 0 Å². The Morgan fingerprint density at radius 1 is 0.478 bits per heavy atom. The summed E-state index contributed by atoms with van der Waals surface area (Å²) in [5.74, 6) is -15.4. The van der Waals surface area contributed by atoms with Gasteiger partial charge in [-0.15, -0.1) is 0 Å². The van der Waals surface area contributed by atoms with Crippen LogP contribution in [0.25, 0.3) is 0 Å². The Morgan fingerprint density at radius 3 is 0.913 bits per heavy atom. The van der Waals surface area contributed by atoms with E-state index in [1.807, 2.05) is 0 Å². The Labute approximate surface area is 114 Å². The second-order valence-electron chi connectivity index (χ2n) is 3.56. The van der Waals surface area contributed by atoms with Crippen molar-refractivity contribution in [2.24, 2.45) is 0 Å². The number of hydrogen-bond acceptors (Lipinski definition) is 2. The minimum atomic E-state index is -7.72. The predicted molar refractivity (Wildman–Crippen MR) is 35.9 cm³/mol. The number of hydrogen-bond donors (Lipinski definition) is 0. The van der Waals surface area contributed by atoms with Crippen molar-refractivity contribution in [2.75, 3.05) is 0 Å². The van der Waals surface area contributed by atoms with Gasteiger partial charge in [-0.1, -0.05) is 8.96 Å². The summed E-state index contributed by atoms with van der Waals surface area (Å²) in [6, 6.07) is -7.47. The van der Waals surface area contributed by atoms with Crippen LogP contribution in [0.2, 0.25) is 0 Å². The van der Waals surface area contributed by atoms with Crippen LogP contribution in [0.4, 0.5) is 66.0 Å². The molecule has 0 aliphatic carbocycles. The highest BCUT2D eigenvalue weighted by atomic mass is 19.4. The van der Waals surface area contributed by atoms with Crippen molar-refractivity contribution in [3.8, 4) is 0 Å². The average Bonchev–Trinajstić information content (AvgIpc) is 2.23. The lowest BCUT2D eigenvalue weighted by molar-refractivity contribution is -0.543. The van der Waals surface area contributed by atoms with E-state index in [2.05, 4.69) is 0 Å². The zero-order chi connectivity index (χ0) is 19.3. The van der Waals surface area contributed by atoms with Crippen LogP contribution in [0, 0.1) is 0 Å². The second-order valence-corrected chi connectivity index (χ2v) is 3.56. The summed E-state index contributed by atoms with van der Waals surface area (Å²) in [4.78, 5) is 0. The molecule has 0 spiro atoms. The van der Waals surface area contributed by atoms with E-state index in [4.69, 9.17) is 0 Å². The van der Waals surface area contributed by atoms with Crippen LogP contribution in [0.5, 0.6) is 0 Å². The summed E-state index contributed by atoms with van der Waals surface area (Å²) >= 11 is 0. The maximum absolute atomic E-state index is 13.0. The Balaban J connectivity index is 6.40. The molecule has 0 N–H and O–H groups in total. The zero-order valence-electron chi connectivity index (χ0n) is 9.52. The van der Waals surface area contributed by atoms with E-state index in [0.717, 1.165) is 0 Å². The van der Waals surface area contributed by atoms with E-state index >= 15 is 0 Å². The van der Waals surface area contributed by atoms with Crippen molar-refractivity contribution in [2.45, 2.75) is 36.3 Å². The number of alkyl halides is 13. The van der Waals surface area contributed by atoms with Crippen molar-refractivity contribution in [3.63, 3.8) is 0 Å². The van der Waals surface area contributed by atoms with Gasteiger partial charge >= 0.3 is 36.3 Å². The summed E-state index contributed by atoms with van der Waals surface area (Å²) in [5.41, 5.74) is 0. The van der Waals surface area contributed by atoms with Crippen LogP contribution in [0.3, 0.4) is 0 Å². The quantitative estimate of drug-likeness (QED) is 0.395. The molecule has 23 heavy (non-hydrogen) atoms. The van der Waals surface area contributed by atoms with Crippen molar-refractivity contribution in [1.29, 1.82) is 0 Å². The average molecular weight is 387 g/mol. The lowest BCUT2D eigenvalue weighted by Crippen LogP contribution is -2.68. The first-order valence-corrected chi connectivity index (χ1v) is 4.43. The fraction of sp³-hybridized carbons (Fsp3) is 1.00. The number of ether oxygens (including phenoxy) is 1. The molecule has 0 rings (SSSR count). The second kappa shape index (κ2) is 5.45. The molecule has 1 atom stereocenters. The van der Waals surface area contributed by atoms with Gasteiger partial charge in [0.1, 0.15) is 0 Å². The molecule has 0 amide bonds. The number of halogens is 15. The van der Waals surface area contributed by atoms with Crippen LogP contribution in [-0.2, 0) is 4.74 Å². The zero-order valence-corrected chi connectivity index (χ0v) is 9.52. The number of nitrogens with zero attached hydrogens (tertiary/aromatic N) is 1. The Hall–Kier alpha value is -1.13. The normalized spacial score (nSPS) is 18.3. The summed E-state index contributed by atoms with van der Waals surface area (Å²) in [5, 5.41) is -4.03. The smallest absolute Gasteiger partial charge is 0.280 e. The van der Waals surface area contributed by atoms with E-state index in [1.54, 1.807) is 0 Å². The van der Waals surface area contributed by atoms with E-state index in [0.29, 0.717) is 0 Å². The van der Waals surface area contributed by atoms with E-state index in [1.165, 1.54) is 4.74 Å². The summed E-state index contributed by atoms with van der Waals surface area (Å²) in [6.45, 7) is 0. The SMILES string of the molecule is FN(F)C(F)(F)C(F)(OC(F)(C(F)(F)F)C(F)(F)F)C(F)(F)F. The van der Waals surface area contributed by atoms with Crippen LogP contribution in [-0.4, -0.2) is 41.6 Å². The van der Waals surface area contributed by atoms with Gasteiger partial charge in [-0.3, -0.25) is 4.74 Å². The van der Waals surface area contributed by atoms with Gasteiger partial charge in [0.05, 0.1) is 5.34 Å². The lowest BCUT2D eigenvalue weighted by atomic mass is 10.2. The molecule has 0 heterocycles. The van der Waals surface area contributed by atoms with E-state index < -0.39 is 41.6 Å². The fourth-order valence-electron chi connectivity index (χ4n) is 0.869. The molecular weight excluding hydrogens is 387 g/mol. The van der Waals surface area contributed by atoms with Gasteiger partial charge in [0, 0.05) is 0 Å². The molecule has 0 saturated heterocycles. The maximum atomic E-state index is 13.0. The molecule has 0 fully saturated rings. The highest BCUT2D eigenvalue weighted by Gasteiger charge is 2.86. The molecule has 0 aromatic heterocycles. The maximum Gasteiger partial charge on any atom is 0.458 e. The van der Waals surface area contributed by atoms with Gasteiger partial charge in [0.15, 0.2) is 0 Å². The van der Waals surface area contributed by atoms with Gasteiger partial charge in [-0.2, -0.15) is 57.1 Å². The Morgan fingerprint density at radius 2 is 0.739 bits per heavy atom. The molecule has 0 bridgehead atoms. The highest BCUT2D eigenvalue weighted by molar-refractivity contribution is 4.95. The van der Waals surface area contributed by atoms with Gasteiger partial charge in [-0.05, 0) is 0 Å². The molecule has 17 heteroatoms. The first-order valence-electron chi connectivity index (χ1n) is 4.43. The third kappa shape index (κ3) is 3.38. The summed E-state index contributed by atoms with van der Waals surface area (Å²) in [6.07, 6.45) is -22.8. The molecule has 140 valence electrons. The molecule has 0 aliphatic heterocycles. The lowest BCUT2D eigenvalue weighted by Gasteiger charge is -2.39. The molecule has 1 unspecified atom stereocenters. The largest absolute Gasteiger partial charge is 0.458 e. The Kier molecular flexibility index (Phi) is 5.19. The first-order chi connectivity index (χ1) is 9.65. The van der Waals surface area contributed by atoms with Crippen LogP contribution >= 0.6 is 0 Å². The monoisotopic (exact) mass is 387 g/mol. The molecule has 0 aromatic rings. The van der Waals surface area contributed by atoms with Gasteiger partial charge in [-0.25, -0.2) is 0 Å². The molecule has 0 radical (unpaired) electrons.